The summed E-state index contributed by atoms with van der Waals surface area (Å²) < 4.78 is 2.63. The third-order valence-electron chi connectivity index (χ3n) is 1.74. The molecule has 0 aromatic carbocycles. The van der Waals surface area contributed by atoms with Crippen molar-refractivity contribution in [2.24, 2.45) is 0 Å². The number of nitrogens with zero attached hydrogens (tertiary/aromatic N) is 2. The van der Waals surface area contributed by atoms with Crippen LogP contribution < -0.4 is 0 Å². The lowest BCUT2D eigenvalue weighted by Crippen LogP contribution is -1.93. The molecule has 0 spiro atoms. The molecular formula is C9H7ClN2OS. The molecule has 0 unspecified atom stereocenters. The van der Waals surface area contributed by atoms with E-state index in [1.165, 1.54) is 11.3 Å². The molecule has 0 aliphatic rings. The Balaban J connectivity index is 2.14. The first-order valence-electron chi connectivity index (χ1n) is 3.99. The lowest BCUT2D eigenvalue weighted by Gasteiger charge is -1.96. The predicted octanol–water partition coefficient (Wildman–Crippen LogP) is 2.46. The van der Waals surface area contributed by atoms with Crippen LogP contribution in [-0.4, -0.2) is 15.8 Å². The van der Waals surface area contributed by atoms with Crippen LogP contribution in [0.5, 0.6) is 0 Å². The molecular weight excluding hydrogens is 220 g/mol. The molecule has 72 valence electrons. The van der Waals surface area contributed by atoms with Gasteiger partial charge in [0.15, 0.2) is 6.29 Å². The highest BCUT2D eigenvalue weighted by Crippen LogP contribution is 2.22. The van der Waals surface area contributed by atoms with Crippen LogP contribution in [0.4, 0.5) is 0 Å². The second-order valence-corrected chi connectivity index (χ2v) is 4.59. The van der Waals surface area contributed by atoms with Crippen molar-refractivity contribution in [3.8, 4) is 0 Å². The fourth-order valence-corrected chi connectivity index (χ4v) is 2.24. The summed E-state index contributed by atoms with van der Waals surface area (Å²) in [6.07, 6.45) is 4.08. The Morgan fingerprint density at radius 3 is 3.00 bits per heavy atom. The second-order valence-electron chi connectivity index (χ2n) is 2.79. The number of halogens is 1. The molecule has 0 aliphatic heterocycles. The van der Waals surface area contributed by atoms with Crippen LogP contribution in [0.15, 0.2) is 24.7 Å². The summed E-state index contributed by atoms with van der Waals surface area (Å²) in [6.45, 7) is 0.707. The standard InChI is InChI=1S/C9H7ClN2OS/c10-9-2-1-8(14-9)4-12-3-7(5-13)11-6-12/h1-3,5-6H,4H2. The lowest BCUT2D eigenvalue weighted by atomic mass is 10.4. The molecule has 2 aromatic rings. The molecule has 2 rings (SSSR count). The third-order valence-corrected chi connectivity index (χ3v) is 2.96. The summed E-state index contributed by atoms with van der Waals surface area (Å²) in [5.74, 6) is 0. The first kappa shape index (κ1) is 9.43. The van der Waals surface area contributed by atoms with Gasteiger partial charge in [0.25, 0.3) is 0 Å². The maximum absolute atomic E-state index is 10.4. The molecule has 0 atom stereocenters. The molecule has 0 amide bonds. The van der Waals surface area contributed by atoms with Gasteiger partial charge in [-0.1, -0.05) is 11.6 Å². The van der Waals surface area contributed by atoms with Gasteiger partial charge in [-0.2, -0.15) is 0 Å². The Bertz CT molecular complexity index is 449. The Morgan fingerprint density at radius 2 is 2.43 bits per heavy atom. The summed E-state index contributed by atoms with van der Waals surface area (Å²) in [6, 6.07) is 3.83. The van der Waals surface area contributed by atoms with Gasteiger partial charge in [-0.15, -0.1) is 11.3 Å². The van der Waals surface area contributed by atoms with Gasteiger partial charge in [0, 0.05) is 11.1 Å². The fourth-order valence-electron chi connectivity index (χ4n) is 1.14. The minimum atomic E-state index is 0.452. The smallest absolute Gasteiger partial charge is 0.169 e. The van der Waals surface area contributed by atoms with Gasteiger partial charge in [0.2, 0.25) is 0 Å². The largest absolute Gasteiger partial charge is 0.331 e. The lowest BCUT2D eigenvalue weighted by molar-refractivity contribution is 0.111. The molecule has 0 fully saturated rings. The Hall–Kier alpha value is -1.13. The SMILES string of the molecule is O=Cc1cn(Cc2ccc(Cl)s2)cn1. The molecule has 0 bridgehead atoms. The van der Waals surface area contributed by atoms with Gasteiger partial charge >= 0.3 is 0 Å². The van der Waals surface area contributed by atoms with E-state index in [1.54, 1.807) is 12.5 Å². The minimum Gasteiger partial charge on any atom is -0.331 e. The van der Waals surface area contributed by atoms with Gasteiger partial charge in [0.05, 0.1) is 17.2 Å². The number of imidazole rings is 1. The molecule has 2 heterocycles. The van der Waals surface area contributed by atoms with Crippen LogP contribution in [0.3, 0.4) is 0 Å². The number of thiophene rings is 1. The molecule has 0 aliphatic carbocycles. The molecule has 2 aromatic heterocycles. The number of hydrogen-bond acceptors (Lipinski definition) is 3. The molecule has 0 radical (unpaired) electrons. The Kier molecular flexibility index (Phi) is 2.65. The minimum absolute atomic E-state index is 0.452. The van der Waals surface area contributed by atoms with Gasteiger partial charge < -0.3 is 4.57 Å². The number of aromatic nitrogens is 2. The van der Waals surface area contributed by atoms with Crippen molar-refractivity contribution in [2.45, 2.75) is 6.54 Å². The topological polar surface area (TPSA) is 34.9 Å². The van der Waals surface area contributed by atoms with Crippen LogP contribution in [-0.2, 0) is 6.54 Å². The van der Waals surface area contributed by atoms with E-state index in [4.69, 9.17) is 11.6 Å². The predicted molar refractivity (Wildman–Crippen MR) is 56.0 cm³/mol. The van der Waals surface area contributed by atoms with Crippen LogP contribution >= 0.6 is 22.9 Å². The molecule has 3 nitrogen and oxygen atoms in total. The number of aldehydes is 1. The maximum atomic E-state index is 10.4. The van der Waals surface area contributed by atoms with Crippen molar-refractivity contribution >= 4 is 29.2 Å². The Labute approximate surface area is 90.0 Å². The number of rotatable bonds is 3. The Morgan fingerprint density at radius 1 is 1.57 bits per heavy atom. The van der Waals surface area contributed by atoms with E-state index in [-0.39, 0.29) is 0 Å². The van der Waals surface area contributed by atoms with Crippen molar-refractivity contribution in [1.29, 1.82) is 0 Å². The number of carbonyl (C=O) groups excluding carboxylic acids is 1. The summed E-state index contributed by atoms with van der Waals surface area (Å²) in [5.41, 5.74) is 0.452. The number of hydrogen-bond donors (Lipinski definition) is 0. The summed E-state index contributed by atoms with van der Waals surface area (Å²) in [5, 5.41) is 0. The highest BCUT2D eigenvalue weighted by atomic mass is 35.5. The summed E-state index contributed by atoms with van der Waals surface area (Å²) >= 11 is 7.32. The van der Waals surface area contributed by atoms with E-state index in [0.29, 0.717) is 12.2 Å². The van der Waals surface area contributed by atoms with E-state index in [1.807, 2.05) is 16.7 Å². The quantitative estimate of drug-likeness (QED) is 0.754. The zero-order valence-corrected chi connectivity index (χ0v) is 8.76. The summed E-state index contributed by atoms with van der Waals surface area (Å²) in [4.78, 5) is 15.4. The molecule has 5 heteroatoms. The van der Waals surface area contributed by atoms with Crippen LogP contribution in [0.1, 0.15) is 15.4 Å². The normalized spacial score (nSPS) is 10.4. The zero-order chi connectivity index (χ0) is 9.97. The van der Waals surface area contributed by atoms with Gasteiger partial charge in [-0.25, -0.2) is 4.98 Å². The summed E-state index contributed by atoms with van der Waals surface area (Å²) in [7, 11) is 0. The van der Waals surface area contributed by atoms with E-state index >= 15 is 0 Å². The van der Waals surface area contributed by atoms with E-state index in [9.17, 15) is 4.79 Å². The van der Waals surface area contributed by atoms with Crippen molar-refractivity contribution in [2.75, 3.05) is 0 Å². The monoisotopic (exact) mass is 226 g/mol. The van der Waals surface area contributed by atoms with Crippen molar-refractivity contribution in [1.82, 2.24) is 9.55 Å². The second kappa shape index (κ2) is 3.94. The first-order chi connectivity index (χ1) is 6.78. The van der Waals surface area contributed by atoms with Gasteiger partial charge in [-0.05, 0) is 12.1 Å². The average Bonchev–Trinajstić information content (AvgIpc) is 2.76. The van der Waals surface area contributed by atoms with Gasteiger partial charge in [0.1, 0.15) is 5.69 Å². The van der Waals surface area contributed by atoms with Crippen LogP contribution in [0, 0.1) is 0 Å². The van der Waals surface area contributed by atoms with Crippen LogP contribution in [0.25, 0.3) is 0 Å². The van der Waals surface area contributed by atoms with Crippen molar-refractivity contribution in [3.05, 3.63) is 39.6 Å². The maximum Gasteiger partial charge on any atom is 0.169 e. The first-order valence-corrected chi connectivity index (χ1v) is 5.18. The molecule has 0 saturated heterocycles. The van der Waals surface area contributed by atoms with Crippen molar-refractivity contribution in [3.63, 3.8) is 0 Å². The van der Waals surface area contributed by atoms with Crippen molar-refractivity contribution < 1.29 is 4.79 Å². The zero-order valence-electron chi connectivity index (χ0n) is 7.18. The average molecular weight is 227 g/mol. The molecule has 0 saturated carbocycles. The molecule has 0 N–H and O–H groups in total. The van der Waals surface area contributed by atoms with E-state index < -0.39 is 0 Å². The number of carbonyl (C=O) groups is 1. The van der Waals surface area contributed by atoms with E-state index in [0.717, 1.165) is 15.5 Å². The molecule has 14 heavy (non-hydrogen) atoms. The van der Waals surface area contributed by atoms with Crippen LogP contribution in [0.2, 0.25) is 4.34 Å². The van der Waals surface area contributed by atoms with E-state index in [2.05, 4.69) is 4.98 Å². The third kappa shape index (κ3) is 2.02. The van der Waals surface area contributed by atoms with Gasteiger partial charge in [-0.3, -0.25) is 4.79 Å². The fraction of sp³-hybridized carbons (Fsp3) is 0.111. The highest BCUT2D eigenvalue weighted by Gasteiger charge is 2.00. The highest BCUT2D eigenvalue weighted by molar-refractivity contribution is 7.16.